The Balaban J connectivity index is 1.53. The molecule has 0 aliphatic heterocycles. The minimum absolute atomic E-state index is 0.183. The van der Waals surface area contributed by atoms with Gasteiger partial charge < -0.3 is 18.9 Å². The molecule has 0 saturated carbocycles. The summed E-state index contributed by atoms with van der Waals surface area (Å²) >= 11 is 0. The number of hydrogen-bond donors (Lipinski definition) is 0. The predicted molar refractivity (Wildman–Crippen MR) is 167 cm³/mol. The second-order valence-electron chi connectivity index (χ2n) is 10.2. The number of rotatable bonds is 17. The van der Waals surface area contributed by atoms with Crippen molar-refractivity contribution in [3.05, 3.63) is 108 Å². The molecule has 0 spiro atoms. The SMILES string of the molecule is C=C(COC)C(=O)OCCCc1ccc(-c2ccc(-c3ccc(CCCOC(=O)C(=C)COC)cc3)c(CC)c2)cc1. The van der Waals surface area contributed by atoms with Crippen molar-refractivity contribution in [2.24, 2.45) is 0 Å². The van der Waals surface area contributed by atoms with Crippen molar-refractivity contribution in [3.63, 3.8) is 0 Å². The molecule has 3 aromatic rings. The number of aryl methyl sites for hydroxylation is 3. The lowest BCUT2D eigenvalue weighted by molar-refractivity contribution is -0.140. The van der Waals surface area contributed by atoms with Crippen LogP contribution in [0.3, 0.4) is 0 Å². The number of carbonyl (C=O) groups excluding carboxylic acids is 2. The Morgan fingerprint density at radius 2 is 1.10 bits per heavy atom. The smallest absolute Gasteiger partial charge is 0.335 e. The number of ether oxygens (including phenoxy) is 4. The van der Waals surface area contributed by atoms with Crippen LogP contribution in [0.4, 0.5) is 0 Å². The van der Waals surface area contributed by atoms with Gasteiger partial charge in [0, 0.05) is 14.2 Å². The summed E-state index contributed by atoms with van der Waals surface area (Å²) in [6, 6.07) is 23.8. The maximum absolute atomic E-state index is 11.8. The van der Waals surface area contributed by atoms with Gasteiger partial charge in [0.05, 0.1) is 37.6 Å². The fourth-order valence-electron chi connectivity index (χ4n) is 4.62. The van der Waals surface area contributed by atoms with E-state index in [1.165, 1.54) is 53.2 Å². The molecule has 6 heteroatoms. The first-order chi connectivity index (χ1) is 20.4. The molecule has 222 valence electrons. The van der Waals surface area contributed by atoms with Gasteiger partial charge in [0.2, 0.25) is 0 Å². The quantitative estimate of drug-likeness (QED) is 0.0995. The van der Waals surface area contributed by atoms with E-state index in [1.54, 1.807) is 0 Å². The van der Waals surface area contributed by atoms with E-state index >= 15 is 0 Å². The van der Waals surface area contributed by atoms with Crippen LogP contribution < -0.4 is 0 Å². The highest BCUT2D eigenvalue weighted by Crippen LogP contribution is 2.30. The lowest BCUT2D eigenvalue weighted by Crippen LogP contribution is -2.12. The van der Waals surface area contributed by atoms with E-state index < -0.39 is 11.9 Å². The van der Waals surface area contributed by atoms with Gasteiger partial charge in [0.25, 0.3) is 0 Å². The second kappa shape index (κ2) is 17.1. The maximum Gasteiger partial charge on any atom is 0.335 e. The monoisotopic (exact) mass is 570 g/mol. The van der Waals surface area contributed by atoms with Crippen LogP contribution in [0.15, 0.2) is 91.0 Å². The van der Waals surface area contributed by atoms with Crippen molar-refractivity contribution in [2.45, 2.75) is 39.0 Å². The minimum atomic E-state index is -0.403. The van der Waals surface area contributed by atoms with Crippen LogP contribution in [0.25, 0.3) is 22.3 Å². The molecule has 0 aromatic heterocycles. The summed E-state index contributed by atoms with van der Waals surface area (Å²) in [7, 11) is 3.05. The topological polar surface area (TPSA) is 71.1 Å². The molecule has 0 fully saturated rings. The number of hydrogen-bond acceptors (Lipinski definition) is 6. The third-order valence-electron chi connectivity index (χ3n) is 6.94. The second-order valence-corrected chi connectivity index (χ2v) is 10.2. The Labute approximate surface area is 250 Å². The van der Waals surface area contributed by atoms with Gasteiger partial charge in [-0.2, -0.15) is 0 Å². The van der Waals surface area contributed by atoms with Crippen LogP contribution in [0.1, 0.15) is 36.5 Å². The molecular formula is C36H42O6. The molecule has 6 nitrogen and oxygen atoms in total. The Morgan fingerprint density at radius 3 is 1.55 bits per heavy atom. The van der Waals surface area contributed by atoms with Gasteiger partial charge in [0.1, 0.15) is 0 Å². The minimum Gasteiger partial charge on any atom is -0.462 e. The van der Waals surface area contributed by atoms with Crippen molar-refractivity contribution in [1.29, 1.82) is 0 Å². The highest BCUT2D eigenvalue weighted by Gasteiger charge is 2.10. The van der Waals surface area contributed by atoms with Crippen LogP contribution in [0, 0.1) is 0 Å². The molecule has 0 amide bonds. The average molecular weight is 571 g/mol. The Hall–Kier alpha value is -4.00. The highest BCUT2D eigenvalue weighted by atomic mass is 16.5. The zero-order chi connectivity index (χ0) is 30.3. The average Bonchev–Trinajstić information content (AvgIpc) is 3.01. The first-order valence-corrected chi connectivity index (χ1v) is 14.4. The summed E-state index contributed by atoms with van der Waals surface area (Å²) in [5.74, 6) is -0.806. The summed E-state index contributed by atoms with van der Waals surface area (Å²) in [6.45, 7) is 10.6. The summed E-state index contributed by atoms with van der Waals surface area (Å²) < 4.78 is 20.3. The maximum atomic E-state index is 11.8. The largest absolute Gasteiger partial charge is 0.462 e. The van der Waals surface area contributed by atoms with E-state index in [0.717, 1.165) is 32.1 Å². The number of benzene rings is 3. The summed E-state index contributed by atoms with van der Waals surface area (Å²) in [4.78, 5) is 23.6. The number of carbonyl (C=O) groups is 2. The number of esters is 2. The van der Waals surface area contributed by atoms with Gasteiger partial charge in [0.15, 0.2) is 0 Å². The van der Waals surface area contributed by atoms with Crippen molar-refractivity contribution in [1.82, 2.24) is 0 Å². The molecule has 0 atom stereocenters. The Morgan fingerprint density at radius 1 is 0.643 bits per heavy atom. The van der Waals surface area contributed by atoms with Crippen molar-refractivity contribution in [3.8, 4) is 22.3 Å². The molecule has 42 heavy (non-hydrogen) atoms. The van der Waals surface area contributed by atoms with Gasteiger partial charge in [-0.1, -0.05) is 86.8 Å². The lowest BCUT2D eigenvalue weighted by Gasteiger charge is -2.13. The van der Waals surface area contributed by atoms with Crippen molar-refractivity contribution >= 4 is 11.9 Å². The van der Waals surface area contributed by atoms with Gasteiger partial charge in [-0.15, -0.1) is 0 Å². The molecule has 0 radical (unpaired) electrons. The molecule has 0 N–H and O–H groups in total. The third kappa shape index (κ3) is 9.82. The van der Waals surface area contributed by atoms with E-state index in [-0.39, 0.29) is 13.2 Å². The summed E-state index contributed by atoms with van der Waals surface area (Å²) in [5.41, 5.74) is 9.14. The van der Waals surface area contributed by atoms with Gasteiger partial charge in [-0.3, -0.25) is 0 Å². The van der Waals surface area contributed by atoms with Crippen LogP contribution >= 0.6 is 0 Å². The summed E-state index contributed by atoms with van der Waals surface area (Å²) in [6.07, 6.45) is 4.08. The van der Waals surface area contributed by atoms with E-state index in [1.807, 2.05) is 0 Å². The third-order valence-corrected chi connectivity index (χ3v) is 6.94. The molecule has 0 heterocycles. The standard InChI is InChI=1S/C36H42O6/c1-6-30-23-33(31-15-11-28(12-16-31)9-7-21-41-35(37)26(2)24-39-4)19-20-34(30)32-17-13-29(14-18-32)10-8-22-42-36(38)27(3)25-40-5/h11-20,23H,2-3,6-10,21-22,24-25H2,1,4-5H3. The Kier molecular flexibility index (Phi) is 13.2. The van der Waals surface area contributed by atoms with Crippen molar-refractivity contribution < 1.29 is 28.5 Å². The van der Waals surface area contributed by atoms with Crippen molar-refractivity contribution in [2.75, 3.05) is 40.6 Å². The van der Waals surface area contributed by atoms with E-state index in [4.69, 9.17) is 18.9 Å². The number of methoxy groups -OCH3 is 2. The molecule has 0 aliphatic carbocycles. The first kappa shape index (κ1) is 32.5. The first-order valence-electron chi connectivity index (χ1n) is 14.4. The fourth-order valence-corrected chi connectivity index (χ4v) is 4.62. The molecule has 0 bridgehead atoms. The Bertz CT molecular complexity index is 1340. The molecule has 0 unspecified atom stereocenters. The fraction of sp³-hybridized carbons (Fsp3) is 0.333. The van der Waals surface area contributed by atoms with Crippen LogP contribution in [-0.2, 0) is 47.8 Å². The molecular weight excluding hydrogens is 528 g/mol. The van der Waals surface area contributed by atoms with Gasteiger partial charge >= 0.3 is 11.9 Å². The zero-order valence-corrected chi connectivity index (χ0v) is 25.1. The van der Waals surface area contributed by atoms with Gasteiger partial charge in [-0.25, -0.2) is 9.59 Å². The lowest BCUT2D eigenvalue weighted by atomic mass is 9.92. The van der Waals surface area contributed by atoms with E-state index in [9.17, 15) is 9.59 Å². The van der Waals surface area contributed by atoms with E-state index in [0.29, 0.717) is 24.4 Å². The van der Waals surface area contributed by atoms with Crippen LogP contribution in [-0.4, -0.2) is 52.6 Å². The summed E-state index contributed by atoms with van der Waals surface area (Å²) in [5, 5.41) is 0. The van der Waals surface area contributed by atoms with Crippen LogP contribution in [0.5, 0.6) is 0 Å². The zero-order valence-electron chi connectivity index (χ0n) is 25.1. The van der Waals surface area contributed by atoms with Crippen LogP contribution in [0.2, 0.25) is 0 Å². The molecule has 3 rings (SSSR count). The van der Waals surface area contributed by atoms with Gasteiger partial charge in [-0.05, 0) is 71.0 Å². The molecule has 3 aromatic carbocycles. The predicted octanol–water partition coefficient (Wildman–Crippen LogP) is 6.94. The normalized spacial score (nSPS) is 10.7. The molecule has 0 aliphatic rings. The molecule has 0 saturated heterocycles. The van der Waals surface area contributed by atoms with E-state index in [2.05, 4.69) is 86.8 Å². The highest BCUT2D eigenvalue weighted by molar-refractivity contribution is 5.88.